The minimum atomic E-state index is 0.103. The molecular formula is C10H10N6O. The van der Waals surface area contributed by atoms with E-state index in [2.05, 4.69) is 31.3 Å². The first-order chi connectivity index (χ1) is 8.33. The third kappa shape index (κ3) is 2.49. The SMILES string of the molecule is C#CCOc1nc(NC)nc(-n2cccn2)n1. The van der Waals surface area contributed by atoms with Crippen LogP contribution in [0.3, 0.4) is 0 Å². The Morgan fingerprint density at radius 1 is 1.47 bits per heavy atom. The number of anilines is 1. The Morgan fingerprint density at radius 2 is 2.35 bits per heavy atom. The number of nitrogens with zero attached hydrogens (tertiary/aromatic N) is 5. The Balaban J connectivity index is 2.36. The highest BCUT2D eigenvalue weighted by atomic mass is 16.5. The summed E-state index contributed by atoms with van der Waals surface area (Å²) in [4.78, 5) is 12.2. The van der Waals surface area contributed by atoms with Crippen LogP contribution in [0.5, 0.6) is 6.01 Å². The Morgan fingerprint density at radius 3 is 3.00 bits per heavy atom. The highest BCUT2D eigenvalue weighted by Gasteiger charge is 2.07. The summed E-state index contributed by atoms with van der Waals surface area (Å²) in [6, 6.07) is 1.93. The molecule has 7 heteroatoms. The molecule has 0 fully saturated rings. The summed E-state index contributed by atoms with van der Waals surface area (Å²) in [5, 5.41) is 6.83. The topological polar surface area (TPSA) is 77.8 Å². The van der Waals surface area contributed by atoms with Crippen LogP contribution in [0.15, 0.2) is 18.5 Å². The molecule has 0 unspecified atom stereocenters. The molecule has 2 aromatic heterocycles. The molecule has 0 aliphatic heterocycles. The number of aromatic nitrogens is 5. The van der Waals surface area contributed by atoms with Gasteiger partial charge in [-0.15, -0.1) is 6.42 Å². The Labute approximate surface area is 97.9 Å². The van der Waals surface area contributed by atoms with E-state index in [-0.39, 0.29) is 12.6 Å². The van der Waals surface area contributed by atoms with Crippen LogP contribution < -0.4 is 10.1 Å². The Kier molecular flexibility index (Phi) is 3.16. The van der Waals surface area contributed by atoms with Crippen molar-refractivity contribution in [1.29, 1.82) is 0 Å². The van der Waals surface area contributed by atoms with Gasteiger partial charge in [0, 0.05) is 19.4 Å². The van der Waals surface area contributed by atoms with Crippen molar-refractivity contribution in [3.05, 3.63) is 18.5 Å². The molecule has 7 nitrogen and oxygen atoms in total. The van der Waals surface area contributed by atoms with Crippen LogP contribution in [0.4, 0.5) is 5.95 Å². The van der Waals surface area contributed by atoms with E-state index in [9.17, 15) is 0 Å². The van der Waals surface area contributed by atoms with Crippen molar-refractivity contribution in [1.82, 2.24) is 24.7 Å². The molecule has 0 spiro atoms. The van der Waals surface area contributed by atoms with Gasteiger partial charge in [0.1, 0.15) is 0 Å². The van der Waals surface area contributed by atoms with Gasteiger partial charge in [0.05, 0.1) is 0 Å². The van der Waals surface area contributed by atoms with Crippen LogP contribution in [0.25, 0.3) is 5.95 Å². The van der Waals surface area contributed by atoms with Gasteiger partial charge in [0.15, 0.2) is 6.61 Å². The maximum Gasteiger partial charge on any atom is 0.324 e. The monoisotopic (exact) mass is 230 g/mol. The van der Waals surface area contributed by atoms with Crippen LogP contribution in [-0.4, -0.2) is 38.4 Å². The highest BCUT2D eigenvalue weighted by Crippen LogP contribution is 2.09. The van der Waals surface area contributed by atoms with Gasteiger partial charge in [0.2, 0.25) is 5.95 Å². The van der Waals surface area contributed by atoms with Crippen LogP contribution in [0, 0.1) is 12.3 Å². The fourth-order valence-electron chi connectivity index (χ4n) is 1.12. The van der Waals surface area contributed by atoms with Crippen LogP contribution in [0.2, 0.25) is 0 Å². The van der Waals surface area contributed by atoms with Crippen molar-refractivity contribution in [3.63, 3.8) is 0 Å². The van der Waals surface area contributed by atoms with Gasteiger partial charge in [-0.3, -0.25) is 0 Å². The third-order valence-electron chi connectivity index (χ3n) is 1.82. The van der Waals surface area contributed by atoms with Crippen molar-refractivity contribution in [2.75, 3.05) is 19.0 Å². The lowest BCUT2D eigenvalue weighted by atomic mass is 10.7. The first-order valence-corrected chi connectivity index (χ1v) is 4.83. The largest absolute Gasteiger partial charge is 0.450 e. The van der Waals surface area contributed by atoms with Gasteiger partial charge in [-0.05, 0) is 6.07 Å². The third-order valence-corrected chi connectivity index (χ3v) is 1.82. The van der Waals surface area contributed by atoms with Crippen LogP contribution in [-0.2, 0) is 0 Å². The molecule has 0 aliphatic rings. The average molecular weight is 230 g/mol. The molecular weight excluding hydrogens is 220 g/mol. The number of hydrogen-bond donors (Lipinski definition) is 1. The molecule has 0 amide bonds. The lowest BCUT2D eigenvalue weighted by molar-refractivity contribution is 0.338. The van der Waals surface area contributed by atoms with E-state index in [0.717, 1.165) is 0 Å². The molecule has 2 aromatic rings. The van der Waals surface area contributed by atoms with Gasteiger partial charge in [0.25, 0.3) is 5.95 Å². The summed E-state index contributed by atoms with van der Waals surface area (Å²) < 4.78 is 6.66. The second-order valence-electron chi connectivity index (χ2n) is 2.94. The maximum absolute atomic E-state index is 5.16. The lowest BCUT2D eigenvalue weighted by Crippen LogP contribution is -2.09. The first-order valence-electron chi connectivity index (χ1n) is 4.83. The Bertz CT molecular complexity index is 530. The second-order valence-corrected chi connectivity index (χ2v) is 2.94. The maximum atomic E-state index is 5.16. The van der Waals surface area contributed by atoms with Gasteiger partial charge < -0.3 is 10.1 Å². The molecule has 0 saturated heterocycles. The van der Waals surface area contributed by atoms with E-state index in [1.54, 1.807) is 25.5 Å². The highest BCUT2D eigenvalue weighted by molar-refractivity contribution is 5.29. The minimum absolute atomic E-state index is 0.103. The van der Waals surface area contributed by atoms with Gasteiger partial charge in [-0.25, -0.2) is 4.68 Å². The molecule has 2 rings (SSSR count). The molecule has 17 heavy (non-hydrogen) atoms. The lowest BCUT2D eigenvalue weighted by Gasteiger charge is -2.05. The smallest absolute Gasteiger partial charge is 0.324 e. The van der Waals surface area contributed by atoms with Crippen molar-refractivity contribution >= 4 is 5.95 Å². The van der Waals surface area contributed by atoms with Gasteiger partial charge in [-0.1, -0.05) is 5.92 Å². The summed E-state index contributed by atoms with van der Waals surface area (Å²) >= 11 is 0. The second kappa shape index (κ2) is 4.94. The minimum Gasteiger partial charge on any atom is -0.450 e. The van der Waals surface area contributed by atoms with E-state index in [0.29, 0.717) is 11.9 Å². The van der Waals surface area contributed by atoms with E-state index >= 15 is 0 Å². The molecule has 0 atom stereocenters. The summed E-state index contributed by atoms with van der Waals surface area (Å²) in [5.41, 5.74) is 0. The number of ether oxygens (including phenoxy) is 1. The van der Waals surface area contributed by atoms with Gasteiger partial charge >= 0.3 is 6.01 Å². The van der Waals surface area contributed by atoms with Crippen LogP contribution in [0.1, 0.15) is 0 Å². The van der Waals surface area contributed by atoms with E-state index in [1.165, 1.54) is 4.68 Å². The summed E-state index contributed by atoms with van der Waals surface area (Å²) in [5.74, 6) is 3.09. The molecule has 0 aromatic carbocycles. The molecule has 0 radical (unpaired) electrons. The number of rotatable bonds is 4. The standard InChI is InChI=1S/C10H10N6O/c1-3-7-17-10-14-8(11-2)13-9(15-10)16-6-4-5-12-16/h1,4-6H,7H2,2H3,(H,11,13,14,15). The molecule has 2 heterocycles. The number of terminal acetylenes is 1. The van der Waals surface area contributed by atoms with Gasteiger partial charge in [-0.2, -0.15) is 20.1 Å². The van der Waals surface area contributed by atoms with E-state index < -0.39 is 0 Å². The average Bonchev–Trinajstić information content (AvgIpc) is 2.89. The zero-order valence-corrected chi connectivity index (χ0v) is 9.16. The number of nitrogens with one attached hydrogen (secondary N) is 1. The first kappa shape index (κ1) is 10.9. The van der Waals surface area contributed by atoms with E-state index in [4.69, 9.17) is 11.2 Å². The zero-order valence-electron chi connectivity index (χ0n) is 9.16. The fourth-order valence-corrected chi connectivity index (χ4v) is 1.12. The fraction of sp³-hybridized carbons (Fsp3) is 0.200. The van der Waals surface area contributed by atoms with Crippen molar-refractivity contribution in [3.8, 4) is 24.3 Å². The normalized spacial score (nSPS) is 9.65. The quantitative estimate of drug-likeness (QED) is 0.751. The predicted molar refractivity (Wildman–Crippen MR) is 60.8 cm³/mol. The molecule has 0 bridgehead atoms. The van der Waals surface area contributed by atoms with Crippen LogP contribution >= 0.6 is 0 Å². The summed E-state index contributed by atoms with van der Waals surface area (Å²) in [7, 11) is 1.70. The molecule has 86 valence electrons. The summed E-state index contributed by atoms with van der Waals surface area (Å²) in [6.45, 7) is 0.103. The van der Waals surface area contributed by atoms with Crippen molar-refractivity contribution in [2.24, 2.45) is 0 Å². The zero-order chi connectivity index (χ0) is 12.1. The molecule has 0 saturated carbocycles. The van der Waals surface area contributed by atoms with E-state index in [1.807, 2.05) is 0 Å². The van der Waals surface area contributed by atoms with Crippen molar-refractivity contribution < 1.29 is 4.74 Å². The molecule has 0 aliphatic carbocycles. The number of hydrogen-bond acceptors (Lipinski definition) is 6. The predicted octanol–water partition coefficient (Wildman–Crippen LogP) is 0.111. The van der Waals surface area contributed by atoms with Crippen molar-refractivity contribution in [2.45, 2.75) is 0 Å². The Hall–Kier alpha value is -2.62. The summed E-state index contributed by atoms with van der Waals surface area (Å²) in [6.07, 6.45) is 8.45. The molecule has 1 N–H and O–H groups in total.